The Bertz CT molecular complexity index is 1490. The molecule has 1 atom stereocenters. The number of ether oxygens (including phenoxy) is 1. The van der Waals surface area contributed by atoms with Crippen LogP contribution in [-0.4, -0.2) is 53.1 Å². The molecule has 0 radical (unpaired) electrons. The van der Waals surface area contributed by atoms with Crippen LogP contribution in [0.4, 0.5) is 29.1 Å². The lowest BCUT2D eigenvalue weighted by Crippen LogP contribution is -2.46. The molecule has 5 rings (SSSR count). The highest BCUT2D eigenvalue weighted by Gasteiger charge is 2.35. The summed E-state index contributed by atoms with van der Waals surface area (Å²) < 4.78 is 60.4. The van der Waals surface area contributed by atoms with Crippen LogP contribution >= 0.6 is 0 Å². The number of pyridine rings is 1. The van der Waals surface area contributed by atoms with Crippen molar-refractivity contribution < 1.29 is 22.3 Å². The zero-order valence-corrected chi connectivity index (χ0v) is 22.5. The van der Waals surface area contributed by atoms with Crippen LogP contribution in [0.5, 0.6) is 5.88 Å². The number of nitrogens with zero attached hydrogens (tertiary/aromatic N) is 5. The first-order valence-electron chi connectivity index (χ1n) is 13.0. The van der Waals surface area contributed by atoms with Gasteiger partial charge in [0.15, 0.2) is 5.65 Å². The molecule has 1 aliphatic rings. The highest BCUT2D eigenvalue weighted by Crippen LogP contribution is 2.36. The predicted molar refractivity (Wildman–Crippen MR) is 146 cm³/mol. The quantitative estimate of drug-likeness (QED) is 0.281. The number of fused-ring (bicyclic) bond motifs is 1. The number of methoxy groups -OCH3 is 1. The summed E-state index contributed by atoms with van der Waals surface area (Å²) in [4.78, 5) is 18.1. The Morgan fingerprint density at radius 1 is 0.975 bits per heavy atom. The number of rotatable bonds is 7. The summed E-state index contributed by atoms with van der Waals surface area (Å²) in [6.07, 6.45) is -4.79. The first-order chi connectivity index (χ1) is 19.1. The lowest BCUT2D eigenvalue weighted by molar-refractivity contribution is -0.140. The van der Waals surface area contributed by atoms with Gasteiger partial charge >= 0.3 is 6.18 Å². The van der Waals surface area contributed by atoms with Gasteiger partial charge in [-0.15, -0.1) is 0 Å². The molecule has 0 amide bonds. The van der Waals surface area contributed by atoms with E-state index in [1.165, 1.54) is 17.7 Å². The average molecular weight is 555 g/mol. The Morgan fingerprint density at radius 3 is 2.38 bits per heavy atom. The third-order valence-corrected chi connectivity index (χ3v) is 7.05. The fourth-order valence-electron chi connectivity index (χ4n) is 5.00. The van der Waals surface area contributed by atoms with Gasteiger partial charge in [-0.05, 0) is 31.5 Å². The number of alkyl halides is 3. The van der Waals surface area contributed by atoms with Gasteiger partial charge in [0.2, 0.25) is 5.88 Å². The Labute approximate surface area is 229 Å². The van der Waals surface area contributed by atoms with Crippen molar-refractivity contribution in [1.29, 1.82) is 0 Å². The molecule has 3 heterocycles. The van der Waals surface area contributed by atoms with Crippen molar-refractivity contribution in [2.75, 3.05) is 43.5 Å². The fraction of sp³-hybridized carbons (Fsp3) is 0.345. The van der Waals surface area contributed by atoms with E-state index in [2.05, 4.69) is 42.2 Å². The number of piperazine rings is 1. The fourth-order valence-corrected chi connectivity index (χ4v) is 5.00. The third kappa shape index (κ3) is 5.79. The number of aromatic nitrogens is 3. The van der Waals surface area contributed by atoms with Crippen LogP contribution in [0.2, 0.25) is 0 Å². The molecule has 1 N–H and O–H groups in total. The van der Waals surface area contributed by atoms with E-state index in [0.29, 0.717) is 28.6 Å². The molecular formula is C29H30F4N6O. The molecule has 210 valence electrons. The molecule has 1 aliphatic heterocycles. The van der Waals surface area contributed by atoms with Crippen molar-refractivity contribution in [2.24, 2.45) is 0 Å². The molecule has 0 unspecified atom stereocenters. The van der Waals surface area contributed by atoms with E-state index in [1.807, 2.05) is 24.3 Å². The second kappa shape index (κ2) is 11.2. The topological polar surface area (TPSA) is 66.4 Å². The number of anilines is 2. The highest BCUT2D eigenvalue weighted by atomic mass is 19.4. The van der Waals surface area contributed by atoms with E-state index in [4.69, 9.17) is 4.74 Å². The van der Waals surface area contributed by atoms with E-state index < -0.39 is 23.6 Å². The maximum atomic E-state index is 14.9. The number of benzene rings is 2. The summed E-state index contributed by atoms with van der Waals surface area (Å²) in [5, 5.41) is 3.66. The first kappa shape index (κ1) is 27.6. The standard InChI is InChI=1S/C29H30F4N6O/c1-18(21-10-7-11-23(25(21)30)29(31,32)33)34-26-22-16-24(28(40-3)37-27(22)36-19(2)35-26)39-14-12-38(13-15-39)17-20-8-5-4-6-9-20/h4-11,16,18H,12-15,17H2,1-3H3,(H,34,35,36,37)/t18-/m1/s1. The lowest BCUT2D eigenvalue weighted by Gasteiger charge is -2.36. The Kier molecular flexibility index (Phi) is 7.75. The smallest absolute Gasteiger partial charge is 0.419 e. The minimum atomic E-state index is -4.79. The van der Waals surface area contributed by atoms with Crippen LogP contribution in [0.25, 0.3) is 11.0 Å². The van der Waals surface area contributed by atoms with Crippen LogP contribution < -0.4 is 15.0 Å². The van der Waals surface area contributed by atoms with Crippen molar-refractivity contribution in [2.45, 2.75) is 32.6 Å². The van der Waals surface area contributed by atoms with E-state index >= 15 is 0 Å². The van der Waals surface area contributed by atoms with E-state index in [9.17, 15) is 17.6 Å². The van der Waals surface area contributed by atoms with Crippen LogP contribution in [0.1, 0.15) is 35.5 Å². The number of aryl methyl sites for hydroxylation is 1. The molecule has 11 heteroatoms. The van der Waals surface area contributed by atoms with Crippen LogP contribution in [-0.2, 0) is 12.7 Å². The van der Waals surface area contributed by atoms with Gasteiger partial charge in [-0.2, -0.15) is 18.2 Å². The Balaban J connectivity index is 1.43. The highest BCUT2D eigenvalue weighted by molar-refractivity contribution is 5.90. The summed E-state index contributed by atoms with van der Waals surface area (Å²) in [6.45, 7) is 7.33. The second-order valence-corrected chi connectivity index (χ2v) is 9.83. The molecule has 1 fully saturated rings. The number of hydrogen-bond acceptors (Lipinski definition) is 7. The van der Waals surface area contributed by atoms with Crippen LogP contribution in [0.3, 0.4) is 0 Å². The van der Waals surface area contributed by atoms with Crippen LogP contribution in [0.15, 0.2) is 54.6 Å². The molecule has 2 aromatic carbocycles. The first-order valence-corrected chi connectivity index (χ1v) is 13.0. The molecule has 0 aliphatic carbocycles. The van der Waals surface area contributed by atoms with E-state index in [1.54, 1.807) is 21.0 Å². The maximum Gasteiger partial charge on any atom is 0.419 e. The minimum Gasteiger partial charge on any atom is -0.479 e. The normalized spacial score (nSPS) is 15.3. The lowest BCUT2D eigenvalue weighted by atomic mass is 10.0. The van der Waals surface area contributed by atoms with Crippen molar-refractivity contribution in [3.8, 4) is 5.88 Å². The summed E-state index contributed by atoms with van der Waals surface area (Å²) >= 11 is 0. The van der Waals surface area contributed by atoms with Crippen molar-refractivity contribution >= 4 is 22.5 Å². The molecule has 4 aromatic rings. The van der Waals surface area contributed by atoms with Gasteiger partial charge in [0.25, 0.3) is 0 Å². The summed E-state index contributed by atoms with van der Waals surface area (Å²) in [7, 11) is 1.55. The third-order valence-electron chi connectivity index (χ3n) is 7.05. The minimum absolute atomic E-state index is 0.115. The predicted octanol–water partition coefficient (Wildman–Crippen LogP) is 6.00. The molecule has 2 aromatic heterocycles. The van der Waals surface area contributed by atoms with Gasteiger partial charge < -0.3 is 15.0 Å². The van der Waals surface area contributed by atoms with Crippen molar-refractivity contribution in [1.82, 2.24) is 19.9 Å². The van der Waals surface area contributed by atoms with Gasteiger partial charge in [-0.3, -0.25) is 4.90 Å². The van der Waals surface area contributed by atoms with Gasteiger partial charge in [-0.25, -0.2) is 14.4 Å². The number of nitrogens with one attached hydrogen (secondary N) is 1. The summed E-state index contributed by atoms with van der Waals surface area (Å²) in [5.74, 6) is -0.126. The SMILES string of the molecule is COc1nc2nc(C)nc(N[C@H](C)c3cccc(C(F)(F)F)c3F)c2cc1N1CCN(Cc2ccccc2)CC1. The van der Waals surface area contributed by atoms with E-state index in [-0.39, 0.29) is 5.56 Å². The molecule has 40 heavy (non-hydrogen) atoms. The van der Waals surface area contributed by atoms with Gasteiger partial charge in [-0.1, -0.05) is 42.5 Å². The zero-order chi connectivity index (χ0) is 28.4. The summed E-state index contributed by atoms with van der Waals surface area (Å²) in [5.41, 5.74) is 0.978. The molecule has 0 spiro atoms. The Hall–Kier alpha value is -3.99. The second-order valence-electron chi connectivity index (χ2n) is 9.83. The molecule has 0 saturated carbocycles. The van der Waals surface area contributed by atoms with Gasteiger partial charge in [0, 0.05) is 38.3 Å². The van der Waals surface area contributed by atoms with Crippen molar-refractivity contribution in [3.05, 3.63) is 82.9 Å². The van der Waals surface area contributed by atoms with Crippen molar-refractivity contribution in [3.63, 3.8) is 0 Å². The average Bonchev–Trinajstić information content (AvgIpc) is 2.92. The zero-order valence-electron chi connectivity index (χ0n) is 22.5. The molecule has 1 saturated heterocycles. The number of halogens is 4. The molecule has 7 nitrogen and oxygen atoms in total. The van der Waals surface area contributed by atoms with Gasteiger partial charge in [0.05, 0.1) is 24.1 Å². The summed E-state index contributed by atoms with van der Waals surface area (Å²) in [6, 6.07) is 14.6. The molecular weight excluding hydrogens is 524 g/mol. The molecule has 0 bridgehead atoms. The monoisotopic (exact) mass is 554 g/mol. The van der Waals surface area contributed by atoms with E-state index in [0.717, 1.165) is 44.5 Å². The van der Waals surface area contributed by atoms with Crippen LogP contribution in [0, 0.1) is 12.7 Å². The maximum absolute atomic E-state index is 14.9. The number of hydrogen-bond donors (Lipinski definition) is 1. The van der Waals surface area contributed by atoms with Gasteiger partial charge in [0.1, 0.15) is 23.1 Å². The largest absolute Gasteiger partial charge is 0.479 e. The Morgan fingerprint density at radius 2 is 1.70 bits per heavy atom.